The molecule has 0 heterocycles. The monoisotopic (exact) mass is 404 g/mol. The highest BCUT2D eigenvalue weighted by atomic mass is 16.5. The second-order valence-electron chi connectivity index (χ2n) is 8.16. The number of nitrogens with one attached hydrogen (secondary N) is 2. The maximum absolute atomic E-state index is 12.9. The van der Waals surface area contributed by atoms with Crippen molar-refractivity contribution in [3.63, 3.8) is 0 Å². The Bertz CT molecular complexity index is 671. The Labute approximate surface area is 172 Å². The zero-order valence-corrected chi connectivity index (χ0v) is 17.2. The highest BCUT2D eigenvalue weighted by Gasteiger charge is 2.30. The van der Waals surface area contributed by atoms with Gasteiger partial charge in [-0.2, -0.15) is 0 Å². The zero-order valence-electron chi connectivity index (χ0n) is 17.2. The molecule has 0 spiro atoms. The number of amides is 2. The summed E-state index contributed by atoms with van der Waals surface area (Å²) in [6.07, 6.45) is 4.34. The molecule has 3 N–H and O–H groups in total. The first-order valence-electron chi connectivity index (χ1n) is 10.4. The molecule has 1 aromatic rings. The SMILES string of the molecule is CC(C)C[C@H](CC(=O)NO)C(=O)N[C@@H](Cc1ccccc1)C(=O)OC1CCCC1. The van der Waals surface area contributed by atoms with Gasteiger partial charge in [-0.3, -0.25) is 14.8 Å². The van der Waals surface area contributed by atoms with E-state index in [0.717, 1.165) is 31.2 Å². The van der Waals surface area contributed by atoms with E-state index < -0.39 is 23.8 Å². The number of carbonyl (C=O) groups is 3. The van der Waals surface area contributed by atoms with Gasteiger partial charge in [-0.05, 0) is 43.6 Å². The Hall–Kier alpha value is -2.41. The number of benzene rings is 1. The van der Waals surface area contributed by atoms with E-state index in [4.69, 9.17) is 9.94 Å². The first-order valence-corrected chi connectivity index (χ1v) is 10.4. The van der Waals surface area contributed by atoms with E-state index in [2.05, 4.69) is 5.32 Å². The lowest BCUT2D eigenvalue weighted by atomic mass is 9.92. The van der Waals surface area contributed by atoms with Gasteiger partial charge in [0.1, 0.15) is 12.1 Å². The fourth-order valence-electron chi connectivity index (χ4n) is 3.71. The smallest absolute Gasteiger partial charge is 0.329 e. The van der Waals surface area contributed by atoms with Crippen molar-refractivity contribution in [3.05, 3.63) is 35.9 Å². The molecule has 160 valence electrons. The summed E-state index contributed by atoms with van der Waals surface area (Å²) in [5.74, 6) is -1.91. The fraction of sp³-hybridized carbons (Fsp3) is 0.591. The predicted octanol–water partition coefficient (Wildman–Crippen LogP) is 2.76. The van der Waals surface area contributed by atoms with Gasteiger partial charge in [-0.1, -0.05) is 44.2 Å². The Balaban J connectivity index is 2.11. The molecule has 7 heteroatoms. The normalized spacial score (nSPS) is 16.3. The van der Waals surface area contributed by atoms with Gasteiger partial charge in [0, 0.05) is 18.8 Å². The maximum Gasteiger partial charge on any atom is 0.329 e. The third-order valence-corrected chi connectivity index (χ3v) is 5.15. The average Bonchev–Trinajstić information content (AvgIpc) is 3.20. The van der Waals surface area contributed by atoms with E-state index in [1.165, 1.54) is 0 Å². The predicted molar refractivity (Wildman–Crippen MR) is 108 cm³/mol. The van der Waals surface area contributed by atoms with E-state index in [0.29, 0.717) is 12.8 Å². The molecule has 1 aromatic carbocycles. The van der Waals surface area contributed by atoms with Gasteiger partial charge in [0.25, 0.3) is 0 Å². The summed E-state index contributed by atoms with van der Waals surface area (Å²) in [6.45, 7) is 3.90. The van der Waals surface area contributed by atoms with Gasteiger partial charge in [-0.15, -0.1) is 0 Å². The van der Waals surface area contributed by atoms with Crippen molar-refractivity contribution >= 4 is 17.8 Å². The van der Waals surface area contributed by atoms with Crippen LogP contribution >= 0.6 is 0 Å². The average molecular weight is 405 g/mol. The fourth-order valence-corrected chi connectivity index (χ4v) is 3.71. The summed E-state index contributed by atoms with van der Waals surface area (Å²) in [5, 5.41) is 11.6. The van der Waals surface area contributed by atoms with Gasteiger partial charge < -0.3 is 10.1 Å². The zero-order chi connectivity index (χ0) is 21.2. The molecule has 2 rings (SSSR count). The maximum atomic E-state index is 12.9. The molecule has 2 atom stereocenters. The van der Waals surface area contributed by atoms with Crippen LogP contribution in [0.3, 0.4) is 0 Å². The molecule has 7 nitrogen and oxygen atoms in total. The summed E-state index contributed by atoms with van der Waals surface area (Å²) in [5.41, 5.74) is 2.49. The number of esters is 1. The molecule has 0 unspecified atom stereocenters. The summed E-state index contributed by atoms with van der Waals surface area (Å²) in [4.78, 5) is 37.3. The number of hydrogen-bond donors (Lipinski definition) is 3. The van der Waals surface area contributed by atoms with Crippen LogP contribution in [0.1, 0.15) is 57.9 Å². The number of ether oxygens (including phenoxy) is 1. The van der Waals surface area contributed by atoms with Gasteiger partial charge in [-0.25, -0.2) is 10.3 Å². The molecule has 0 aromatic heterocycles. The van der Waals surface area contributed by atoms with E-state index in [1.807, 2.05) is 44.2 Å². The Morgan fingerprint density at radius 3 is 2.38 bits per heavy atom. The molecule has 2 amide bonds. The quantitative estimate of drug-likeness (QED) is 0.316. The second kappa shape index (κ2) is 11.6. The number of hydrogen-bond acceptors (Lipinski definition) is 5. The molecule has 0 saturated heterocycles. The minimum Gasteiger partial charge on any atom is -0.461 e. The highest BCUT2D eigenvalue weighted by molar-refractivity contribution is 5.89. The van der Waals surface area contributed by atoms with Gasteiger partial charge in [0.2, 0.25) is 11.8 Å². The molecular weight excluding hydrogens is 372 g/mol. The first-order chi connectivity index (χ1) is 13.9. The van der Waals surface area contributed by atoms with Crippen molar-refractivity contribution in [2.24, 2.45) is 11.8 Å². The summed E-state index contributed by atoms with van der Waals surface area (Å²) in [7, 11) is 0. The summed E-state index contributed by atoms with van der Waals surface area (Å²) < 4.78 is 5.64. The molecular formula is C22H32N2O5. The minimum absolute atomic E-state index is 0.0932. The van der Waals surface area contributed by atoms with Crippen molar-refractivity contribution in [2.45, 2.75) is 70.9 Å². The lowest BCUT2D eigenvalue weighted by Crippen LogP contribution is -2.47. The van der Waals surface area contributed by atoms with Gasteiger partial charge in [0.05, 0.1) is 0 Å². The lowest BCUT2D eigenvalue weighted by Gasteiger charge is -2.24. The van der Waals surface area contributed by atoms with E-state index in [9.17, 15) is 14.4 Å². The lowest BCUT2D eigenvalue weighted by molar-refractivity contribution is -0.153. The van der Waals surface area contributed by atoms with Crippen LogP contribution < -0.4 is 10.8 Å². The highest BCUT2D eigenvalue weighted by Crippen LogP contribution is 2.22. The van der Waals surface area contributed by atoms with Crippen molar-refractivity contribution in [1.29, 1.82) is 0 Å². The van der Waals surface area contributed by atoms with E-state index in [1.54, 1.807) is 5.48 Å². The molecule has 0 bridgehead atoms. The van der Waals surface area contributed by atoms with Crippen LogP contribution in [0.2, 0.25) is 0 Å². The van der Waals surface area contributed by atoms with Crippen molar-refractivity contribution in [1.82, 2.24) is 10.8 Å². The Morgan fingerprint density at radius 2 is 1.79 bits per heavy atom. The third kappa shape index (κ3) is 7.85. The Kier molecular flexibility index (Phi) is 9.12. The van der Waals surface area contributed by atoms with Crippen LogP contribution in [0.4, 0.5) is 0 Å². The molecule has 0 radical (unpaired) electrons. The van der Waals surface area contributed by atoms with Crippen LogP contribution in [-0.4, -0.2) is 35.1 Å². The second-order valence-corrected chi connectivity index (χ2v) is 8.16. The topological polar surface area (TPSA) is 105 Å². The summed E-state index contributed by atoms with van der Waals surface area (Å²) >= 11 is 0. The van der Waals surface area contributed by atoms with Crippen molar-refractivity contribution in [2.75, 3.05) is 0 Å². The van der Waals surface area contributed by atoms with E-state index >= 15 is 0 Å². The molecule has 29 heavy (non-hydrogen) atoms. The first kappa shape index (κ1) is 22.9. The van der Waals surface area contributed by atoms with Crippen LogP contribution in [0, 0.1) is 11.8 Å². The van der Waals surface area contributed by atoms with Crippen molar-refractivity contribution < 1.29 is 24.3 Å². The van der Waals surface area contributed by atoms with Crippen LogP contribution in [0.5, 0.6) is 0 Å². The molecule has 1 aliphatic carbocycles. The minimum atomic E-state index is -0.822. The summed E-state index contributed by atoms with van der Waals surface area (Å²) in [6, 6.07) is 8.62. The molecule has 1 aliphatic rings. The standard InChI is InChI=1S/C22H32N2O5/c1-15(2)12-17(14-20(25)24-28)21(26)23-19(13-16-8-4-3-5-9-16)22(27)29-18-10-6-7-11-18/h3-5,8-9,15,17-19,28H,6-7,10-14H2,1-2H3,(H,23,26)(H,24,25)/t17-,19+/m1/s1. The van der Waals surface area contributed by atoms with Crippen molar-refractivity contribution in [3.8, 4) is 0 Å². The van der Waals surface area contributed by atoms with Gasteiger partial charge in [0.15, 0.2) is 0 Å². The van der Waals surface area contributed by atoms with Crippen LogP contribution in [0.15, 0.2) is 30.3 Å². The Morgan fingerprint density at radius 1 is 1.14 bits per heavy atom. The van der Waals surface area contributed by atoms with Crippen LogP contribution in [0.25, 0.3) is 0 Å². The largest absolute Gasteiger partial charge is 0.461 e. The number of rotatable bonds is 10. The molecule has 1 fully saturated rings. The number of carbonyl (C=O) groups excluding carboxylic acids is 3. The number of hydroxylamine groups is 1. The molecule has 1 saturated carbocycles. The van der Waals surface area contributed by atoms with Gasteiger partial charge >= 0.3 is 5.97 Å². The molecule has 0 aliphatic heterocycles. The van der Waals surface area contributed by atoms with E-state index in [-0.39, 0.29) is 24.3 Å². The van der Waals surface area contributed by atoms with Crippen LogP contribution in [-0.2, 0) is 25.5 Å². The third-order valence-electron chi connectivity index (χ3n) is 5.15.